The largest absolute Gasteiger partial charge is 0.465 e. The molecule has 0 aliphatic heterocycles. The van der Waals surface area contributed by atoms with Gasteiger partial charge < -0.3 is 21.1 Å². The second-order valence-corrected chi connectivity index (χ2v) is 7.26. The molecule has 0 unspecified atom stereocenters. The number of nitrogens with zero attached hydrogens (tertiary/aromatic N) is 5. The molecular weight excluding hydrogens is 377 g/mol. The first-order valence-electron chi connectivity index (χ1n) is 9.40. The summed E-state index contributed by atoms with van der Waals surface area (Å²) in [6.07, 6.45) is 6.70. The van der Waals surface area contributed by atoms with Gasteiger partial charge in [0.15, 0.2) is 11.6 Å². The number of nitrogens with one attached hydrogen (secondary N) is 1. The highest BCUT2D eigenvalue weighted by Gasteiger charge is 2.27. The van der Waals surface area contributed by atoms with E-state index in [1.54, 1.807) is 23.7 Å². The second kappa shape index (κ2) is 7.53. The van der Waals surface area contributed by atoms with Crippen molar-refractivity contribution in [2.45, 2.75) is 37.8 Å². The van der Waals surface area contributed by atoms with Gasteiger partial charge in [-0.15, -0.1) is 0 Å². The molecule has 0 aromatic carbocycles. The van der Waals surface area contributed by atoms with Gasteiger partial charge in [-0.05, 0) is 37.8 Å². The fraction of sp³-hybridized carbons (Fsp3) is 0.368. The first-order chi connectivity index (χ1) is 13.9. The first-order valence-corrected chi connectivity index (χ1v) is 9.40. The molecule has 1 saturated carbocycles. The number of nitrogens with two attached hydrogens (primary N) is 1. The molecule has 29 heavy (non-hydrogen) atoms. The summed E-state index contributed by atoms with van der Waals surface area (Å²) < 4.78 is 15.2. The Morgan fingerprint density at radius 2 is 2.03 bits per heavy atom. The number of hydrogen-bond acceptors (Lipinski definition) is 6. The molecule has 1 aliphatic carbocycles. The van der Waals surface area contributed by atoms with E-state index in [-0.39, 0.29) is 17.9 Å². The van der Waals surface area contributed by atoms with Crippen LogP contribution in [0, 0.1) is 5.82 Å². The zero-order valence-corrected chi connectivity index (χ0v) is 15.9. The Balaban J connectivity index is 1.52. The molecule has 0 atom stereocenters. The monoisotopic (exact) mass is 399 g/mol. The summed E-state index contributed by atoms with van der Waals surface area (Å²) in [4.78, 5) is 25.6. The molecule has 10 heteroatoms. The smallest absolute Gasteiger partial charge is 0.407 e. The van der Waals surface area contributed by atoms with E-state index in [1.807, 2.05) is 0 Å². The van der Waals surface area contributed by atoms with Crippen molar-refractivity contribution in [3.8, 4) is 11.5 Å². The molecule has 1 amide bonds. The zero-order valence-electron chi connectivity index (χ0n) is 15.9. The maximum absolute atomic E-state index is 13.6. The van der Waals surface area contributed by atoms with E-state index in [0.717, 1.165) is 25.7 Å². The SMILES string of the molecule is CN(C(=O)O)[C@H]1CC[C@H](Nc2nc(-c3cnc4ccc(F)cn34)ncc2N)CC1. The molecule has 0 radical (unpaired) electrons. The van der Waals surface area contributed by atoms with Crippen LogP contribution in [-0.4, -0.2) is 54.6 Å². The molecular formula is C19H22FN7O2. The van der Waals surface area contributed by atoms with Crippen LogP contribution in [0.2, 0.25) is 0 Å². The van der Waals surface area contributed by atoms with Crippen molar-refractivity contribution in [1.82, 2.24) is 24.3 Å². The number of aromatic nitrogens is 4. The van der Waals surface area contributed by atoms with Crippen molar-refractivity contribution in [2.75, 3.05) is 18.1 Å². The number of pyridine rings is 1. The van der Waals surface area contributed by atoms with Crippen LogP contribution in [-0.2, 0) is 0 Å². The highest BCUT2D eigenvalue weighted by atomic mass is 19.1. The van der Waals surface area contributed by atoms with E-state index in [2.05, 4.69) is 20.3 Å². The van der Waals surface area contributed by atoms with Crippen LogP contribution in [0.4, 0.5) is 20.7 Å². The third kappa shape index (κ3) is 3.78. The molecule has 1 fully saturated rings. The predicted molar refractivity (Wildman–Crippen MR) is 106 cm³/mol. The van der Waals surface area contributed by atoms with E-state index in [9.17, 15) is 9.18 Å². The summed E-state index contributed by atoms with van der Waals surface area (Å²) in [5, 5.41) is 12.5. The van der Waals surface area contributed by atoms with Crippen LogP contribution < -0.4 is 11.1 Å². The lowest BCUT2D eigenvalue weighted by molar-refractivity contribution is 0.125. The van der Waals surface area contributed by atoms with Crippen LogP contribution in [0.25, 0.3) is 17.2 Å². The number of carbonyl (C=O) groups is 1. The Kier molecular flexibility index (Phi) is 4.91. The molecule has 3 heterocycles. The van der Waals surface area contributed by atoms with E-state index in [1.165, 1.54) is 23.4 Å². The summed E-state index contributed by atoms with van der Waals surface area (Å²) in [7, 11) is 1.61. The Hall–Kier alpha value is -3.43. The van der Waals surface area contributed by atoms with Gasteiger partial charge in [-0.2, -0.15) is 0 Å². The first kappa shape index (κ1) is 18.9. The third-order valence-corrected chi connectivity index (χ3v) is 5.40. The molecule has 1 aliphatic rings. The number of rotatable bonds is 4. The molecule has 4 N–H and O–H groups in total. The maximum Gasteiger partial charge on any atom is 0.407 e. The Morgan fingerprint density at radius 1 is 1.28 bits per heavy atom. The average Bonchev–Trinajstić information content (AvgIpc) is 3.12. The van der Waals surface area contributed by atoms with Gasteiger partial charge in [0.2, 0.25) is 0 Å². The van der Waals surface area contributed by atoms with Crippen LogP contribution in [0.15, 0.2) is 30.7 Å². The second-order valence-electron chi connectivity index (χ2n) is 7.26. The fourth-order valence-electron chi connectivity index (χ4n) is 3.71. The van der Waals surface area contributed by atoms with Gasteiger partial charge >= 0.3 is 6.09 Å². The molecule has 9 nitrogen and oxygen atoms in total. The van der Waals surface area contributed by atoms with Crippen LogP contribution in [0.1, 0.15) is 25.7 Å². The minimum Gasteiger partial charge on any atom is -0.465 e. The van der Waals surface area contributed by atoms with Crippen LogP contribution in [0.5, 0.6) is 0 Å². The van der Waals surface area contributed by atoms with Crippen molar-refractivity contribution in [3.05, 3.63) is 36.5 Å². The van der Waals surface area contributed by atoms with Crippen LogP contribution in [0.3, 0.4) is 0 Å². The maximum atomic E-state index is 13.6. The Bertz CT molecular complexity index is 1050. The summed E-state index contributed by atoms with van der Waals surface area (Å²) in [6, 6.07) is 3.10. The molecule has 0 bridgehead atoms. The molecule has 0 saturated heterocycles. The zero-order chi connectivity index (χ0) is 20.5. The van der Waals surface area contributed by atoms with Gasteiger partial charge in [0.05, 0.1) is 18.1 Å². The van der Waals surface area contributed by atoms with Gasteiger partial charge in [-0.1, -0.05) is 0 Å². The number of hydrogen-bond donors (Lipinski definition) is 3. The summed E-state index contributed by atoms with van der Waals surface area (Å²) in [5.74, 6) is 0.518. The summed E-state index contributed by atoms with van der Waals surface area (Å²) in [5.41, 5.74) is 7.63. The minimum absolute atomic E-state index is 0.0249. The lowest BCUT2D eigenvalue weighted by atomic mass is 9.90. The standard InChI is InChI=1S/C19H22FN7O2/c1-26(19(28)29)13-5-3-12(4-6-13)24-17-14(21)8-23-18(25-17)15-9-22-16-7-2-11(20)10-27(15)16/h2,7-10,12-13H,3-6,21H2,1H3,(H,28,29)(H,23,24,25)/t12-,13-. The van der Waals surface area contributed by atoms with Gasteiger partial charge in [0.25, 0.3) is 0 Å². The Labute approximate surface area is 166 Å². The number of imidazole rings is 1. The topological polar surface area (TPSA) is 122 Å². The molecule has 3 aromatic heterocycles. The van der Waals surface area contributed by atoms with Crippen molar-refractivity contribution in [1.29, 1.82) is 0 Å². The third-order valence-electron chi connectivity index (χ3n) is 5.40. The van der Waals surface area contributed by atoms with E-state index in [4.69, 9.17) is 10.8 Å². The van der Waals surface area contributed by atoms with Crippen molar-refractivity contribution in [3.63, 3.8) is 0 Å². The van der Waals surface area contributed by atoms with E-state index in [0.29, 0.717) is 28.7 Å². The number of carboxylic acid groups (broad SMARTS) is 1. The van der Waals surface area contributed by atoms with E-state index >= 15 is 0 Å². The van der Waals surface area contributed by atoms with Gasteiger partial charge in [0.1, 0.15) is 17.2 Å². The lowest BCUT2D eigenvalue weighted by Crippen LogP contribution is -2.41. The van der Waals surface area contributed by atoms with E-state index < -0.39 is 6.09 Å². The summed E-state index contributed by atoms with van der Waals surface area (Å²) >= 11 is 0. The summed E-state index contributed by atoms with van der Waals surface area (Å²) in [6.45, 7) is 0. The fourth-order valence-corrected chi connectivity index (χ4v) is 3.71. The quantitative estimate of drug-likeness (QED) is 0.617. The van der Waals surface area contributed by atoms with Gasteiger partial charge in [0, 0.05) is 25.3 Å². The Morgan fingerprint density at radius 3 is 2.76 bits per heavy atom. The molecule has 0 spiro atoms. The highest BCUT2D eigenvalue weighted by Crippen LogP contribution is 2.28. The molecule has 152 valence electrons. The van der Waals surface area contributed by atoms with Crippen LogP contribution >= 0.6 is 0 Å². The number of halogens is 1. The van der Waals surface area contributed by atoms with Crippen molar-refractivity contribution < 1.29 is 14.3 Å². The van der Waals surface area contributed by atoms with Gasteiger partial charge in [-0.3, -0.25) is 4.40 Å². The predicted octanol–water partition coefficient (Wildman–Crippen LogP) is 2.85. The van der Waals surface area contributed by atoms with Crippen molar-refractivity contribution in [2.24, 2.45) is 0 Å². The molecule has 3 aromatic rings. The normalized spacial score (nSPS) is 19.2. The number of amides is 1. The van der Waals surface area contributed by atoms with Crippen molar-refractivity contribution >= 4 is 23.2 Å². The highest BCUT2D eigenvalue weighted by molar-refractivity contribution is 5.66. The minimum atomic E-state index is -0.907. The van der Waals surface area contributed by atoms with Gasteiger partial charge in [-0.25, -0.2) is 24.1 Å². The lowest BCUT2D eigenvalue weighted by Gasteiger charge is -2.33. The number of anilines is 2. The molecule has 4 rings (SSSR count). The average molecular weight is 399 g/mol. The number of fused-ring (bicyclic) bond motifs is 1. The number of nitrogen functional groups attached to an aromatic ring is 1.